The lowest BCUT2D eigenvalue weighted by Gasteiger charge is -2.63. The van der Waals surface area contributed by atoms with E-state index in [-0.39, 0.29) is 27.9 Å². The summed E-state index contributed by atoms with van der Waals surface area (Å²) in [5.74, 6) is -0.168. The molecule has 1 saturated heterocycles. The zero-order chi connectivity index (χ0) is 24.1. The van der Waals surface area contributed by atoms with Crippen molar-refractivity contribution >= 4 is 14.6 Å². The fourth-order valence-corrected chi connectivity index (χ4v) is 8.22. The van der Waals surface area contributed by atoms with Gasteiger partial charge in [-0.2, -0.15) is 0 Å². The van der Waals surface area contributed by atoms with Crippen LogP contribution < -0.4 is 0 Å². The van der Waals surface area contributed by atoms with Crippen LogP contribution in [0.4, 0.5) is 0 Å². The molecule has 33 heavy (non-hydrogen) atoms. The highest BCUT2D eigenvalue weighted by Gasteiger charge is 2.65. The molecule has 1 aromatic heterocycles. The van der Waals surface area contributed by atoms with Crippen molar-refractivity contribution in [1.29, 1.82) is 0 Å². The van der Waals surface area contributed by atoms with E-state index in [0.29, 0.717) is 19.1 Å². The maximum atomic E-state index is 12.5. The van der Waals surface area contributed by atoms with Crippen LogP contribution in [0.2, 0.25) is 18.1 Å². The van der Waals surface area contributed by atoms with Crippen molar-refractivity contribution in [3.63, 3.8) is 0 Å². The molecule has 186 valence electrons. The number of hydrogen-bond donors (Lipinski definition) is 0. The molecule has 4 rings (SSSR count). The normalized spacial score (nSPS) is 35.4. The minimum atomic E-state index is -2.05. The number of furan rings is 1. The summed E-state index contributed by atoms with van der Waals surface area (Å²) in [6, 6.07) is 2.03. The predicted molar refractivity (Wildman–Crippen MR) is 131 cm³/mol. The number of rotatable bonds is 6. The highest BCUT2D eigenvalue weighted by Crippen LogP contribution is 2.66. The van der Waals surface area contributed by atoms with Crippen molar-refractivity contribution in [3.05, 3.63) is 24.2 Å². The molecule has 0 unspecified atom stereocenters. The van der Waals surface area contributed by atoms with Crippen molar-refractivity contribution in [1.82, 2.24) is 0 Å². The third-order valence-electron chi connectivity index (χ3n) is 9.96. The van der Waals surface area contributed by atoms with Crippen LogP contribution in [0, 0.1) is 22.7 Å². The van der Waals surface area contributed by atoms with E-state index in [1.54, 1.807) is 6.26 Å². The summed E-state index contributed by atoms with van der Waals surface area (Å²) < 4.78 is 25.3. The Morgan fingerprint density at radius 1 is 1.18 bits per heavy atom. The second-order valence-electron chi connectivity index (χ2n) is 12.7. The quantitative estimate of drug-likeness (QED) is 0.330. The highest BCUT2D eigenvalue weighted by atomic mass is 28.4. The van der Waals surface area contributed by atoms with Crippen LogP contribution in [0.3, 0.4) is 0 Å². The molecule has 1 spiro atoms. The molecule has 2 heterocycles. The van der Waals surface area contributed by atoms with Gasteiger partial charge in [-0.25, -0.2) is 0 Å². The molecule has 1 aromatic rings. The lowest BCUT2D eigenvalue weighted by Crippen LogP contribution is -2.62. The number of ether oxygens (including phenoxy) is 2. The Morgan fingerprint density at radius 2 is 1.88 bits per heavy atom. The number of carbonyl (C=O) groups excluding carboxylic acids is 1. The molecule has 0 amide bonds. The van der Waals surface area contributed by atoms with Gasteiger partial charge in [0.15, 0.2) is 14.1 Å². The maximum absolute atomic E-state index is 12.5. The van der Waals surface area contributed by atoms with Gasteiger partial charge >= 0.3 is 0 Å². The first kappa shape index (κ1) is 25.1. The summed E-state index contributed by atoms with van der Waals surface area (Å²) >= 11 is 0. The van der Waals surface area contributed by atoms with Crippen molar-refractivity contribution in [2.75, 3.05) is 13.2 Å². The van der Waals surface area contributed by atoms with E-state index in [1.807, 2.05) is 12.3 Å². The fourth-order valence-electron chi connectivity index (χ4n) is 6.94. The average Bonchev–Trinajstić information content (AvgIpc) is 3.42. The molecule has 3 fully saturated rings. The fraction of sp³-hybridized carbons (Fsp3) is 0.815. The third kappa shape index (κ3) is 4.09. The Balaban J connectivity index is 1.72. The van der Waals surface area contributed by atoms with Gasteiger partial charge in [0.05, 0.1) is 31.8 Å². The topological polar surface area (TPSA) is 57.9 Å². The lowest BCUT2D eigenvalue weighted by molar-refractivity contribution is -0.297. The van der Waals surface area contributed by atoms with Gasteiger partial charge in [-0.1, -0.05) is 34.6 Å². The van der Waals surface area contributed by atoms with Crippen LogP contribution in [-0.4, -0.2) is 33.6 Å². The SMILES string of the molecule is CC(C)(C)[Si](C)(C)O[C@H](C[C@@]1(C)[C@H](C=O)CC[C@]2(C)[C@@H]1CCCC21OCCO1)c1ccoc1. The zero-order valence-corrected chi connectivity index (χ0v) is 22.7. The van der Waals surface area contributed by atoms with E-state index < -0.39 is 14.1 Å². The summed E-state index contributed by atoms with van der Waals surface area (Å²) in [5.41, 5.74) is 0.771. The van der Waals surface area contributed by atoms with Crippen LogP contribution in [0.25, 0.3) is 0 Å². The average molecular weight is 477 g/mol. The van der Waals surface area contributed by atoms with Crippen molar-refractivity contribution in [2.24, 2.45) is 22.7 Å². The van der Waals surface area contributed by atoms with Gasteiger partial charge in [0.2, 0.25) is 0 Å². The van der Waals surface area contributed by atoms with Crippen molar-refractivity contribution in [3.8, 4) is 0 Å². The van der Waals surface area contributed by atoms with Gasteiger partial charge < -0.3 is 23.1 Å². The van der Waals surface area contributed by atoms with E-state index in [2.05, 4.69) is 47.7 Å². The Labute approximate surface area is 201 Å². The molecule has 2 saturated carbocycles. The minimum absolute atomic E-state index is 0.00421. The smallest absolute Gasteiger partial charge is 0.192 e. The molecule has 6 heteroatoms. The van der Waals surface area contributed by atoms with E-state index >= 15 is 0 Å². The second kappa shape index (κ2) is 8.61. The van der Waals surface area contributed by atoms with Gasteiger partial charge in [-0.3, -0.25) is 0 Å². The van der Waals surface area contributed by atoms with E-state index in [1.165, 1.54) is 6.29 Å². The molecular weight excluding hydrogens is 432 g/mol. The summed E-state index contributed by atoms with van der Waals surface area (Å²) in [4.78, 5) is 12.5. The largest absolute Gasteiger partial charge is 0.472 e. The highest BCUT2D eigenvalue weighted by molar-refractivity contribution is 6.74. The summed E-state index contributed by atoms with van der Waals surface area (Å²) in [5, 5.41) is 0.0987. The first-order valence-electron chi connectivity index (χ1n) is 12.8. The van der Waals surface area contributed by atoms with Crippen molar-refractivity contribution in [2.45, 2.75) is 103 Å². The molecule has 0 bridgehead atoms. The Bertz CT molecular complexity index is 822. The van der Waals surface area contributed by atoms with Crippen LogP contribution in [0.5, 0.6) is 0 Å². The van der Waals surface area contributed by atoms with Crippen LogP contribution in [-0.2, 0) is 18.7 Å². The lowest BCUT2D eigenvalue weighted by atomic mass is 9.45. The van der Waals surface area contributed by atoms with Gasteiger partial charge in [0.25, 0.3) is 0 Å². The number of hydrogen-bond acceptors (Lipinski definition) is 5. The molecule has 5 atom stereocenters. The van der Waals surface area contributed by atoms with Gasteiger partial charge in [-0.05, 0) is 67.6 Å². The standard InChI is InChI=1S/C27H44O5Si/c1-24(2,3)33(6,7)32-22(20-11-14-29-19-20)17-25(4)21(18-28)10-13-26(5)23(25)9-8-12-27(26)30-15-16-31-27/h11,14,18-19,21-23H,8-10,12-13,15-17H2,1-7H3/t21-,22+,23+,25-,26+/m0/s1. The van der Waals surface area contributed by atoms with Gasteiger partial charge in [0.1, 0.15) is 6.29 Å². The molecule has 3 aliphatic rings. The van der Waals surface area contributed by atoms with E-state index in [9.17, 15) is 4.79 Å². The Hall–Kier alpha value is -0.953. The number of carbonyl (C=O) groups is 1. The molecule has 0 N–H and O–H groups in total. The van der Waals surface area contributed by atoms with Crippen LogP contribution in [0.15, 0.2) is 23.0 Å². The molecule has 0 radical (unpaired) electrons. The first-order valence-corrected chi connectivity index (χ1v) is 15.7. The van der Waals surface area contributed by atoms with Crippen molar-refractivity contribution < 1.29 is 23.1 Å². The molecule has 1 aliphatic heterocycles. The van der Waals surface area contributed by atoms with Gasteiger partial charge in [0, 0.05) is 23.3 Å². The first-order chi connectivity index (χ1) is 15.4. The van der Waals surface area contributed by atoms with Crippen LogP contribution in [0.1, 0.15) is 84.8 Å². The van der Waals surface area contributed by atoms with E-state index in [0.717, 1.165) is 44.1 Å². The van der Waals surface area contributed by atoms with E-state index in [4.69, 9.17) is 18.3 Å². The predicted octanol–water partition coefficient (Wildman–Crippen LogP) is 6.90. The van der Waals surface area contributed by atoms with Gasteiger partial charge in [-0.15, -0.1) is 0 Å². The third-order valence-corrected chi connectivity index (χ3v) is 14.4. The summed E-state index contributed by atoms with van der Waals surface area (Å²) in [6.07, 6.45) is 10.5. The maximum Gasteiger partial charge on any atom is 0.192 e. The Kier molecular flexibility index (Phi) is 6.56. The minimum Gasteiger partial charge on any atom is -0.472 e. The molecule has 0 aromatic carbocycles. The number of aldehydes is 1. The van der Waals surface area contributed by atoms with Crippen LogP contribution >= 0.6 is 0 Å². The molecular formula is C27H44O5Si. The Morgan fingerprint density at radius 3 is 2.45 bits per heavy atom. The number of fused-ring (bicyclic) bond motifs is 2. The second-order valence-corrected chi connectivity index (χ2v) is 17.5. The zero-order valence-electron chi connectivity index (χ0n) is 21.7. The summed E-state index contributed by atoms with van der Waals surface area (Å²) in [6.45, 7) is 17.5. The molecule has 5 nitrogen and oxygen atoms in total. The summed E-state index contributed by atoms with van der Waals surface area (Å²) in [7, 11) is -2.05. The molecule has 2 aliphatic carbocycles. The monoisotopic (exact) mass is 476 g/mol.